The maximum atomic E-state index is 12.7. The van der Waals surface area contributed by atoms with Crippen molar-refractivity contribution in [2.45, 2.75) is 52.0 Å². The number of rotatable bonds is 4. The van der Waals surface area contributed by atoms with Crippen LogP contribution in [0.4, 0.5) is 0 Å². The third-order valence-corrected chi connectivity index (χ3v) is 4.80. The van der Waals surface area contributed by atoms with Crippen LogP contribution in [0.1, 0.15) is 46.0 Å². The lowest BCUT2D eigenvalue weighted by atomic mass is 9.90. The molecule has 1 aliphatic heterocycles. The Bertz CT molecular complexity index is 445. The van der Waals surface area contributed by atoms with Crippen molar-refractivity contribution >= 4 is 17.8 Å². The quantitative estimate of drug-likeness (QED) is 0.810. The number of hydrogen-bond donors (Lipinski definition) is 2. The number of hydrogen-bond acceptors (Lipinski definition) is 3. The molecule has 2 rings (SSSR count). The van der Waals surface area contributed by atoms with Crippen molar-refractivity contribution in [3.05, 3.63) is 0 Å². The minimum atomic E-state index is -0.869. The van der Waals surface area contributed by atoms with Crippen molar-refractivity contribution < 1.29 is 19.5 Å². The lowest BCUT2D eigenvalue weighted by molar-refractivity contribution is -0.147. The maximum absolute atomic E-state index is 12.7. The van der Waals surface area contributed by atoms with Gasteiger partial charge in [-0.25, -0.2) is 0 Å². The normalized spacial score (nSPS) is 27.6. The topological polar surface area (TPSA) is 86.7 Å². The summed E-state index contributed by atoms with van der Waals surface area (Å²) in [5, 5.41) is 12.0. The Morgan fingerprint density at radius 3 is 2.38 bits per heavy atom. The van der Waals surface area contributed by atoms with Crippen LogP contribution in [0.2, 0.25) is 0 Å². The first-order valence-electron chi connectivity index (χ1n) is 7.63. The Balaban J connectivity index is 2.08. The standard InChI is InChI=1S/C15H24N2O4/c1-10(18)16-12(11-5-3-4-6-11)13(19)17-8-7-15(2,9-17)14(20)21/h11-12H,3-9H2,1-2H3,(H,16,18)(H,20,21)/t12-,15-/m1/s1. The lowest BCUT2D eigenvalue weighted by Gasteiger charge is -2.28. The summed E-state index contributed by atoms with van der Waals surface area (Å²) in [4.78, 5) is 37.0. The van der Waals surface area contributed by atoms with Gasteiger partial charge < -0.3 is 15.3 Å². The number of likely N-dealkylation sites (tertiary alicyclic amines) is 1. The first-order valence-corrected chi connectivity index (χ1v) is 7.63. The third-order valence-electron chi connectivity index (χ3n) is 4.80. The molecule has 0 spiro atoms. The molecule has 0 aromatic heterocycles. The Hall–Kier alpha value is -1.59. The zero-order chi connectivity index (χ0) is 15.6. The highest BCUT2D eigenvalue weighted by molar-refractivity contribution is 5.88. The summed E-state index contributed by atoms with van der Waals surface area (Å²) in [5.74, 6) is -1.02. The third kappa shape index (κ3) is 3.36. The van der Waals surface area contributed by atoms with E-state index in [9.17, 15) is 19.5 Å². The maximum Gasteiger partial charge on any atom is 0.311 e. The monoisotopic (exact) mass is 296 g/mol. The van der Waals surface area contributed by atoms with Gasteiger partial charge in [0, 0.05) is 20.0 Å². The van der Waals surface area contributed by atoms with E-state index in [-0.39, 0.29) is 24.3 Å². The summed E-state index contributed by atoms with van der Waals surface area (Å²) >= 11 is 0. The Morgan fingerprint density at radius 1 is 1.29 bits per heavy atom. The van der Waals surface area contributed by atoms with Crippen molar-refractivity contribution in [3.8, 4) is 0 Å². The highest BCUT2D eigenvalue weighted by Crippen LogP contribution is 2.33. The van der Waals surface area contributed by atoms with Crippen molar-refractivity contribution in [1.82, 2.24) is 10.2 Å². The summed E-state index contributed by atoms with van der Waals surface area (Å²) in [6, 6.07) is -0.499. The van der Waals surface area contributed by atoms with E-state index in [1.54, 1.807) is 11.8 Å². The van der Waals surface area contributed by atoms with Crippen LogP contribution < -0.4 is 5.32 Å². The number of aliphatic carboxylic acids is 1. The fourth-order valence-electron chi connectivity index (χ4n) is 3.41. The SMILES string of the molecule is CC(=O)N[C@@H](C(=O)N1CC[C@@](C)(C(=O)O)C1)C1CCCC1. The van der Waals surface area contributed by atoms with Gasteiger partial charge in [-0.2, -0.15) is 0 Å². The van der Waals surface area contributed by atoms with Crippen LogP contribution in [0, 0.1) is 11.3 Å². The van der Waals surface area contributed by atoms with Gasteiger partial charge in [0.1, 0.15) is 6.04 Å². The van der Waals surface area contributed by atoms with Gasteiger partial charge in [0.25, 0.3) is 0 Å². The van der Waals surface area contributed by atoms with Crippen LogP contribution in [0.25, 0.3) is 0 Å². The zero-order valence-electron chi connectivity index (χ0n) is 12.7. The summed E-state index contributed by atoms with van der Waals surface area (Å²) in [7, 11) is 0. The number of carboxylic acids is 1. The predicted octanol–water partition coefficient (Wildman–Crippen LogP) is 1.00. The van der Waals surface area contributed by atoms with E-state index >= 15 is 0 Å². The number of amides is 2. The number of carbonyl (C=O) groups excluding carboxylic acids is 2. The van der Waals surface area contributed by atoms with Gasteiger partial charge in [-0.1, -0.05) is 12.8 Å². The highest BCUT2D eigenvalue weighted by atomic mass is 16.4. The summed E-state index contributed by atoms with van der Waals surface area (Å²) in [6.45, 7) is 3.76. The molecule has 2 fully saturated rings. The Labute approximate surface area is 124 Å². The number of nitrogens with one attached hydrogen (secondary N) is 1. The van der Waals surface area contributed by atoms with E-state index in [4.69, 9.17) is 0 Å². The molecule has 0 aromatic rings. The minimum Gasteiger partial charge on any atom is -0.481 e. The van der Waals surface area contributed by atoms with Crippen molar-refractivity contribution in [2.75, 3.05) is 13.1 Å². The van der Waals surface area contributed by atoms with Gasteiger partial charge in [-0.15, -0.1) is 0 Å². The number of carboxylic acid groups (broad SMARTS) is 1. The van der Waals surface area contributed by atoms with Gasteiger partial charge in [-0.3, -0.25) is 14.4 Å². The molecule has 1 saturated carbocycles. The lowest BCUT2D eigenvalue weighted by Crippen LogP contribution is -2.51. The molecule has 1 saturated heterocycles. The Kier molecular flexibility index (Phi) is 4.54. The molecule has 6 heteroatoms. The summed E-state index contributed by atoms with van der Waals surface area (Å²) in [5.41, 5.74) is -0.869. The van der Waals surface area contributed by atoms with Crippen LogP contribution in [-0.4, -0.2) is 46.9 Å². The number of nitrogens with zero attached hydrogens (tertiary/aromatic N) is 1. The fraction of sp³-hybridized carbons (Fsp3) is 0.800. The van der Waals surface area contributed by atoms with Crippen LogP contribution in [0.15, 0.2) is 0 Å². The molecule has 0 aromatic carbocycles. The molecule has 1 heterocycles. The van der Waals surface area contributed by atoms with Crippen LogP contribution in [-0.2, 0) is 14.4 Å². The first-order chi connectivity index (χ1) is 9.83. The largest absolute Gasteiger partial charge is 0.481 e. The van der Waals surface area contributed by atoms with Gasteiger partial charge in [0.15, 0.2) is 0 Å². The molecule has 0 unspecified atom stereocenters. The van der Waals surface area contributed by atoms with Crippen LogP contribution in [0.5, 0.6) is 0 Å². The molecule has 2 amide bonds. The molecule has 2 aliphatic rings. The Morgan fingerprint density at radius 2 is 1.90 bits per heavy atom. The average Bonchev–Trinajstić information content (AvgIpc) is 3.05. The van der Waals surface area contributed by atoms with E-state index in [1.165, 1.54) is 6.92 Å². The van der Waals surface area contributed by atoms with Gasteiger partial charge in [0.05, 0.1) is 5.41 Å². The average molecular weight is 296 g/mol. The molecule has 6 nitrogen and oxygen atoms in total. The van der Waals surface area contributed by atoms with Gasteiger partial charge in [0.2, 0.25) is 11.8 Å². The molecular formula is C15H24N2O4. The molecule has 2 atom stereocenters. The predicted molar refractivity (Wildman–Crippen MR) is 76.5 cm³/mol. The second-order valence-corrected chi connectivity index (χ2v) is 6.60. The summed E-state index contributed by atoms with van der Waals surface area (Å²) < 4.78 is 0. The van der Waals surface area contributed by atoms with Crippen LogP contribution in [0.3, 0.4) is 0 Å². The van der Waals surface area contributed by atoms with Gasteiger partial charge >= 0.3 is 5.97 Å². The molecule has 0 bridgehead atoms. The fourth-order valence-corrected chi connectivity index (χ4v) is 3.41. The smallest absolute Gasteiger partial charge is 0.311 e. The van der Waals surface area contributed by atoms with Crippen molar-refractivity contribution in [3.63, 3.8) is 0 Å². The summed E-state index contributed by atoms with van der Waals surface area (Å²) in [6.07, 6.45) is 4.52. The second kappa shape index (κ2) is 6.03. The molecular weight excluding hydrogens is 272 g/mol. The molecule has 1 aliphatic carbocycles. The molecule has 21 heavy (non-hydrogen) atoms. The molecule has 118 valence electrons. The molecule has 2 N–H and O–H groups in total. The van der Waals surface area contributed by atoms with E-state index in [2.05, 4.69) is 5.32 Å². The molecule has 0 radical (unpaired) electrons. The van der Waals surface area contributed by atoms with E-state index < -0.39 is 17.4 Å². The first kappa shape index (κ1) is 15.8. The van der Waals surface area contributed by atoms with E-state index in [0.717, 1.165) is 25.7 Å². The van der Waals surface area contributed by atoms with Crippen LogP contribution >= 0.6 is 0 Å². The second-order valence-electron chi connectivity index (χ2n) is 6.60. The van der Waals surface area contributed by atoms with Crippen molar-refractivity contribution in [1.29, 1.82) is 0 Å². The van der Waals surface area contributed by atoms with Gasteiger partial charge in [-0.05, 0) is 32.1 Å². The van der Waals surface area contributed by atoms with Crippen molar-refractivity contribution in [2.24, 2.45) is 11.3 Å². The minimum absolute atomic E-state index is 0.123. The zero-order valence-corrected chi connectivity index (χ0v) is 12.7. The van der Waals surface area contributed by atoms with E-state index in [0.29, 0.717) is 13.0 Å². The highest BCUT2D eigenvalue weighted by Gasteiger charge is 2.44. The van der Waals surface area contributed by atoms with E-state index in [1.807, 2.05) is 0 Å². The number of carbonyl (C=O) groups is 3.